The van der Waals surface area contributed by atoms with Crippen molar-refractivity contribution in [3.8, 4) is 0 Å². The van der Waals surface area contributed by atoms with Crippen molar-refractivity contribution in [1.29, 1.82) is 0 Å². The molecule has 0 amide bonds. The highest BCUT2D eigenvalue weighted by atomic mass is 31.1. The Kier molecular flexibility index (Phi) is 13.7. The van der Waals surface area contributed by atoms with E-state index in [1.54, 1.807) is 5.57 Å². The summed E-state index contributed by atoms with van der Waals surface area (Å²) in [4.78, 5) is 0. The summed E-state index contributed by atoms with van der Waals surface area (Å²) in [5, 5.41) is 0.552. The monoisotopic (exact) mass is 326 g/mol. The highest BCUT2D eigenvalue weighted by Gasteiger charge is 2.16. The van der Waals surface area contributed by atoms with Crippen LogP contribution in [0.5, 0.6) is 0 Å². The zero-order valence-corrected chi connectivity index (χ0v) is 17.4. The summed E-state index contributed by atoms with van der Waals surface area (Å²) >= 11 is 0. The second-order valence-corrected chi connectivity index (χ2v) is 10.1. The number of hydrogen-bond acceptors (Lipinski definition) is 0. The fourth-order valence-corrected chi connectivity index (χ4v) is 4.35. The van der Waals surface area contributed by atoms with Crippen LogP contribution in [0.15, 0.2) is 11.6 Å². The molecule has 0 radical (unpaired) electrons. The average molecular weight is 327 g/mol. The lowest BCUT2D eigenvalue weighted by Crippen LogP contribution is -2.13. The summed E-state index contributed by atoms with van der Waals surface area (Å²) in [7, 11) is 1.14. The summed E-state index contributed by atoms with van der Waals surface area (Å²) in [6, 6.07) is 0. The summed E-state index contributed by atoms with van der Waals surface area (Å²) in [5.41, 5.74) is 1.60. The number of hydrogen-bond donors (Lipinski definition) is 0. The van der Waals surface area contributed by atoms with Crippen molar-refractivity contribution in [3.63, 3.8) is 0 Å². The minimum Gasteiger partial charge on any atom is -0.116 e. The first-order valence-electron chi connectivity index (χ1n) is 9.82. The number of unbranched alkanes of at least 4 members (excludes halogenated alkanes) is 3. The van der Waals surface area contributed by atoms with E-state index in [0.29, 0.717) is 5.16 Å². The van der Waals surface area contributed by atoms with Gasteiger partial charge in [-0.15, -0.1) is 8.58 Å². The van der Waals surface area contributed by atoms with Crippen molar-refractivity contribution in [3.05, 3.63) is 11.6 Å². The molecule has 0 rings (SSSR count). The molecule has 0 N–H and O–H groups in total. The standard InChI is InChI=1S/C21H43P/c1-7-9-14-20(4)16-17-21(5,6)22-18-12-10-11-15-19(3)13-8-2/h14,19,22H,7-13,15-18H2,1-6H3. The van der Waals surface area contributed by atoms with E-state index >= 15 is 0 Å². The molecule has 22 heavy (non-hydrogen) atoms. The smallest absolute Gasteiger partial charge is 0.0175 e. The Hall–Kier alpha value is 0.170. The topological polar surface area (TPSA) is 0 Å². The fourth-order valence-electron chi connectivity index (χ4n) is 2.95. The Morgan fingerprint density at radius 3 is 2.41 bits per heavy atom. The van der Waals surface area contributed by atoms with E-state index < -0.39 is 0 Å². The van der Waals surface area contributed by atoms with Crippen LogP contribution < -0.4 is 0 Å². The number of allylic oxidation sites excluding steroid dienone is 2. The molecule has 0 saturated heterocycles. The van der Waals surface area contributed by atoms with Gasteiger partial charge in [-0.3, -0.25) is 0 Å². The van der Waals surface area contributed by atoms with Gasteiger partial charge in [-0.05, 0) is 49.8 Å². The second kappa shape index (κ2) is 13.6. The molecule has 0 heterocycles. The van der Waals surface area contributed by atoms with Crippen LogP contribution in [0, 0.1) is 5.92 Å². The Morgan fingerprint density at radius 1 is 1.05 bits per heavy atom. The largest absolute Gasteiger partial charge is 0.116 e. The predicted molar refractivity (Wildman–Crippen MR) is 108 cm³/mol. The van der Waals surface area contributed by atoms with Crippen LogP contribution in [0.2, 0.25) is 0 Å². The van der Waals surface area contributed by atoms with Crippen LogP contribution in [-0.4, -0.2) is 11.3 Å². The van der Waals surface area contributed by atoms with E-state index in [2.05, 4.69) is 47.6 Å². The van der Waals surface area contributed by atoms with Gasteiger partial charge in [0.1, 0.15) is 0 Å². The van der Waals surface area contributed by atoms with Gasteiger partial charge in [0.05, 0.1) is 0 Å². The molecule has 132 valence electrons. The Bertz CT molecular complexity index is 278. The Balaban J connectivity index is 3.67. The molecule has 0 nitrogen and oxygen atoms in total. The average Bonchev–Trinajstić information content (AvgIpc) is 2.47. The van der Waals surface area contributed by atoms with Gasteiger partial charge in [-0.2, -0.15) is 0 Å². The quantitative estimate of drug-likeness (QED) is 0.172. The maximum absolute atomic E-state index is 2.47. The van der Waals surface area contributed by atoms with Crippen LogP contribution in [0.3, 0.4) is 0 Å². The Morgan fingerprint density at radius 2 is 1.77 bits per heavy atom. The summed E-state index contributed by atoms with van der Waals surface area (Å²) < 4.78 is 0. The van der Waals surface area contributed by atoms with Crippen molar-refractivity contribution in [2.45, 2.75) is 111 Å². The number of rotatable bonds is 14. The van der Waals surface area contributed by atoms with Crippen molar-refractivity contribution < 1.29 is 0 Å². The van der Waals surface area contributed by atoms with Crippen molar-refractivity contribution >= 4 is 8.58 Å². The van der Waals surface area contributed by atoms with Crippen LogP contribution in [0.1, 0.15) is 106 Å². The molecule has 0 aromatic carbocycles. The van der Waals surface area contributed by atoms with Gasteiger partial charge in [0.2, 0.25) is 0 Å². The van der Waals surface area contributed by atoms with Gasteiger partial charge < -0.3 is 0 Å². The zero-order chi connectivity index (χ0) is 16.8. The molecule has 0 aliphatic heterocycles. The first-order valence-corrected chi connectivity index (χ1v) is 11.0. The first-order chi connectivity index (χ1) is 10.4. The molecule has 0 aromatic rings. The van der Waals surface area contributed by atoms with Gasteiger partial charge in [0.15, 0.2) is 0 Å². The third kappa shape index (κ3) is 13.8. The zero-order valence-electron chi connectivity index (χ0n) is 16.4. The maximum Gasteiger partial charge on any atom is -0.0175 e. The van der Waals surface area contributed by atoms with Crippen LogP contribution in [0.25, 0.3) is 0 Å². The predicted octanol–water partition coefficient (Wildman–Crippen LogP) is 7.97. The third-order valence-corrected chi connectivity index (χ3v) is 6.50. The van der Waals surface area contributed by atoms with E-state index in [1.165, 1.54) is 70.4 Å². The molecular formula is C21H43P. The molecule has 0 aliphatic rings. The van der Waals surface area contributed by atoms with Gasteiger partial charge in [-0.1, -0.05) is 84.8 Å². The fraction of sp³-hybridized carbons (Fsp3) is 0.905. The van der Waals surface area contributed by atoms with Gasteiger partial charge in [0, 0.05) is 0 Å². The van der Waals surface area contributed by atoms with Crippen molar-refractivity contribution in [2.75, 3.05) is 6.16 Å². The van der Waals surface area contributed by atoms with Crippen molar-refractivity contribution in [1.82, 2.24) is 0 Å². The third-order valence-electron chi connectivity index (χ3n) is 4.68. The van der Waals surface area contributed by atoms with Crippen LogP contribution >= 0.6 is 8.58 Å². The van der Waals surface area contributed by atoms with E-state index in [4.69, 9.17) is 0 Å². The van der Waals surface area contributed by atoms with E-state index in [-0.39, 0.29) is 0 Å². The van der Waals surface area contributed by atoms with Crippen LogP contribution in [-0.2, 0) is 0 Å². The first kappa shape index (κ1) is 22.2. The molecule has 0 fully saturated rings. The van der Waals surface area contributed by atoms with E-state index in [1.807, 2.05) is 0 Å². The lowest BCUT2D eigenvalue weighted by Gasteiger charge is -2.25. The molecule has 0 saturated carbocycles. The minimum absolute atomic E-state index is 0.552. The SMILES string of the molecule is CCCC=C(C)CCC(C)(C)PCCCCCC(C)CCC. The molecule has 1 heteroatoms. The van der Waals surface area contributed by atoms with E-state index in [0.717, 1.165) is 14.5 Å². The lowest BCUT2D eigenvalue weighted by atomic mass is 9.99. The molecule has 0 bridgehead atoms. The highest BCUT2D eigenvalue weighted by molar-refractivity contribution is 7.39. The van der Waals surface area contributed by atoms with Crippen molar-refractivity contribution in [2.24, 2.45) is 5.92 Å². The van der Waals surface area contributed by atoms with Gasteiger partial charge >= 0.3 is 0 Å². The van der Waals surface area contributed by atoms with Gasteiger partial charge in [0.25, 0.3) is 0 Å². The lowest BCUT2D eigenvalue weighted by molar-refractivity contribution is 0.459. The summed E-state index contributed by atoms with van der Waals surface area (Å²) in [5.74, 6) is 0.946. The summed E-state index contributed by atoms with van der Waals surface area (Å²) in [6.45, 7) is 14.2. The maximum atomic E-state index is 2.47. The summed E-state index contributed by atoms with van der Waals surface area (Å²) in [6.07, 6.45) is 17.7. The van der Waals surface area contributed by atoms with E-state index in [9.17, 15) is 0 Å². The minimum atomic E-state index is 0.552. The highest BCUT2D eigenvalue weighted by Crippen LogP contribution is 2.37. The molecular weight excluding hydrogens is 283 g/mol. The second-order valence-electron chi connectivity index (χ2n) is 7.89. The molecule has 0 aliphatic carbocycles. The molecule has 0 aromatic heterocycles. The van der Waals surface area contributed by atoms with Crippen LogP contribution in [0.4, 0.5) is 0 Å². The molecule has 2 unspecified atom stereocenters. The molecule has 2 atom stereocenters. The van der Waals surface area contributed by atoms with Gasteiger partial charge in [-0.25, -0.2) is 0 Å². The normalized spacial score (nSPS) is 14.9. The Labute approximate surface area is 143 Å². The molecule has 0 spiro atoms.